The van der Waals surface area contributed by atoms with Crippen LogP contribution in [-0.2, 0) is 0 Å². The van der Waals surface area contributed by atoms with Gasteiger partial charge in [-0.2, -0.15) is 0 Å². The monoisotopic (exact) mass is 236 g/mol. The molecule has 3 aromatic rings. The van der Waals surface area contributed by atoms with Crippen molar-refractivity contribution in [1.82, 2.24) is 9.97 Å². The third-order valence-electron chi connectivity index (χ3n) is 2.67. The summed E-state index contributed by atoms with van der Waals surface area (Å²) in [5.41, 5.74) is 9.07. The third kappa shape index (κ3) is 1.96. The molecule has 1 aromatic carbocycles. The van der Waals surface area contributed by atoms with Crippen LogP contribution in [0.15, 0.2) is 55.0 Å². The Hall–Kier alpha value is -2.62. The van der Waals surface area contributed by atoms with Gasteiger partial charge in [0.05, 0.1) is 28.8 Å². The highest BCUT2D eigenvalue weighted by Gasteiger charge is 2.02. The molecule has 0 aliphatic rings. The molecule has 0 saturated heterocycles. The number of aromatic nitrogens is 2. The van der Waals surface area contributed by atoms with E-state index >= 15 is 0 Å². The summed E-state index contributed by atoms with van der Waals surface area (Å²) in [4.78, 5) is 8.44. The fourth-order valence-corrected chi connectivity index (χ4v) is 1.89. The predicted octanol–water partition coefficient (Wildman–Crippen LogP) is 2.96. The molecule has 2 aromatic heterocycles. The van der Waals surface area contributed by atoms with Gasteiger partial charge in [-0.3, -0.25) is 9.97 Å². The second kappa shape index (κ2) is 4.33. The summed E-state index contributed by atoms with van der Waals surface area (Å²) < 4.78 is 0. The zero-order valence-electron chi connectivity index (χ0n) is 9.67. The minimum Gasteiger partial charge on any atom is -0.397 e. The minimum atomic E-state index is 0.633. The van der Waals surface area contributed by atoms with Gasteiger partial charge in [-0.05, 0) is 18.2 Å². The first-order valence-electron chi connectivity index (χ1n) is 5.64. The Bertz CT molecular complexity index is 689. The van der Waals surface area contributed by atoms with Crippen LogP contribution in [0.2, 0.25) is 0 Å². The molecule has 4 heteroatoms. The number of nitrogens with one attached hydrogen (secondary N) is 1. The zero-order chi connectivity index (χ0) is 12.4. The summed E-state index contributed by atoms with van der Waals surface area (Å²) in [6.45, 7) is 0. The fraction of sp³-hybridized carbons (Fsp3) is 0. The van der Waals surface area contributed by atoms with Crippen molar-refractivity contribution in [3.8, 4) is 0 Å². The van der Waals surface area contributed by atoms with E-state index in [9.17, 15) is 0 Å². The molecule has 3 rings (SSSR count). The number of para-hydroxylation sites is 1. The van der Waals surface area contributed by atoms with E-state index in [1.54, 1.807) is 18.6 Å². The lowest BCUT2D eigenvalue weighted by Crippen LogP contribution is -1.95. The average molecular weight is 236 g/mol. The number of nitrogen functional groups attached to an aromatic ring is 1. The molecule has 0 aliphatic heterocycles. The Morgan fingerprint density at radius 3 is 2.83 bits per heavy atom. The molecule has 0 spiro atoms. The van der Waals surface area contributed by atoms with Crippen molar-refractivity contribution in [1.29, 1.82) is 0 Å². The second-order valence-electron chi connectivity index (χ2n) is 4.01. The Morgan fingerprint density at radius 1 is 1.06 bits per heavy atom. The van der Waals surface area contributed by atoms with Crippen LogP contribution in [0.25, 0.3) is 10.9 Å². The highest BCUT2D eigenvalue weighted by molar-refractivity contribution is 5.91. The minimum absolute atomic E-state index is 0.633. The van der Waals surface area contributed by atoms with Gasteiger partial charge in [-0.25, -0.2) is 0 Å². The number of nitrogens with two attached hydrogens (primary N) is 1. The van der Waals surface area contributed by atoms with Gasteiger partial charge in [0.2, 0.25) is 0 Å². The molecule has 0 fully saturated rings. The summed E-state index contributed by atoms with van der Waals surface area (Å²) >= 11 is 0. The lowest BCUT2D eigenvalue weighted by molar-refractivity contribution is 1.32. The van der Waals surface area contributed by atoms with Gasteiger partial charge in [0.25, 0.3) is 0 Å². The van der Waals surface area contributed by atoms with E-state index in [0.717, 1.165) is 22.3 Å². The second-order valence-corrected chi connectivity index (χ2v) is 4.01. The summed E-state index contributed by atoms with van der Waals surface area (Å²) in [5, 5.41) is 4.38. The number of benzene rings is 1. The smallest absolute Gasteiger partial charge is 0.0936 e. The molecule has 4 nitrogen and oxygen atoms in total. The molecule has 0 saturated carbocycles. The topological polar surface area (TPSA) is 63.8 Å². The van der Waals surface area contributed by atoms with Crippen LogP contribution in [0.4, 0.5) is 17.1 Å². The van der Waals surface area contributed by atoms with Crippen molar-refractivity contribution in [2.24, 2.45) is 0 Å². The maximum Gasteiger partial charge on any atom is 0.0936 e. The van der Waals surface area contributed by atoms with Gasteiger partial charge < -0.3 is 11.1 Å². The SMILES string of the molecule is Nc1cncc(Nc2cccc3cccnc23)c1. The first-order valence-corrected chi connectivity index (χ1v) is 5.64. The first-order chi connectivity index (χ1) is 8.83. The molecule has 18 heavy (non-hydrogen) atoms. The Kier molecular flexibility index (Phi) is 2.53. The molecule has 0 bridgehead atoms. The summed E-state index contributed by atoms with van der Waals surface area (Å²) in [7, 11) is 0. The molecular weight excluding hydrogens is 224 g/mol. The summed E-state index contributed by atoms with van der Waals surface area (Å²) in [6.07, 6.45) is 5.13. The van der Waals surface area contributed by atoms with Gasteiger partial charge in [0.1, 0.15) is 0 Å². The molecule has 3 N–H and O–H groups in total. The van der Waals surface area contributed by atoms with Crippen LogP contribution in [0.3, 0.4) is 0 Å². The van der Waals surface area contributed by atoms with Gasteiger partial charge in [0.15, 0.2) is 0 Å². The van der Waals surface area contributed by atoms with Gasteiger partial charge >= 0.3 is 0 Å². The van der Waals surface area contributed by atoms with E-state index in [4.69, 9.17) is 5.73 Å². The van der Waals surface area contributed by atoms with Gasteiger partial charge in [0, 0.05) is 17.8 Å². The Balaban J connectivity index is 2.05. The standard InChI is InChI=1S/C14H12N4/c15-11-7-12(9-16-8-11)18-13-5-1-3-10-4-2-6-17-14(10)13/h1-9,18H,15H2. The summed E-state index contributed by atoms with van der Waals surface area (Å²) in [6, 6.07) is 11.8. The van der Waals surface area contributed by atoms with Crippen LogP contribution >= 0.6 is 0 Å². The number of anilines is 3. The van der Waals surface area contributed by atoms with Gasteiger partial charge in [-0.15, -0.1) is 0 Å². The van der Waals surface area contributed by atoms with Crippen molar-refractivity contribution in [3.05, 3.63) is 55.0 Å². The molecule has 0 aliphatic carbocycles. The van der Waals surface area contributed by atoms with Crippen molar-refractivity contribution < 1.29 is 0 Å². The number of pyridine rings is 2. The van der Waals surface area contributed by atoms with Crippen molar-refractivity contribution in [2.45, 2.75) is 0 Å². The maximum atomic E-state index is 5.71. The molecule has 0 unspecified atom stereocenters. The first kappa shape index (κ1) is 10.5. The molecule has 0 atom stereocenters. The van der Waals surface area contributed by atoms with Crippen molar-refractivity contribution >= 4 is 28.0 Å². The quantitative estimate of drug-likeness (QED) is 0.718. The lowest BCUT2D eigenvalue weighted by atomic mass is 10.2. The highest BCUT2D eigenvalue weighted by atomic mass is 14.9. The fourth-order valence-electron chi connectivity index (χ4n) is 1.89. The summed E-state index contributed by atoms with van der Waals surface area (Å²) in [5.74, 6) is 0. The number of rotatable bonds is 2. The Labute approximate surface area is 104 Å². The lowest BCUT2D eigenvalue weighted by Gasteiger charge is -2.08. The van der Waals surface area contributed by atoms with E-state index in [1.165, 1.54) is 0 Å². The molecular formula is C14H12N4. The average Bonchev–Trinajstić information content (AvgIpc) is 2.39. The van der Waals surface area contributed by atoms with E-state index in [-0.39, 0.29) is 0 Å². The maximum absolute atomic E-state index is 5.71. The number of hydrogen-bond acceptors (Lipinski definition) is 4. The van der Waals surface area contributed by atoms with Crippen molar-refractivity contribution in [2.75, 3.05) is 11.1 Å². The largest absolute Gasteiger partial charge is 0.397 e. The van der Waals surface area contributed by atoms with E-state index in [0.29, 0.717) is 5.69 Å². The van der Waals surface area contributed by atoms with E-state index < -0.39 is 0 Å². The van der Waals surface area contributed by atoms with Crippen LogP contribution in [0, 0.1) is 0 Å². The Morgan fingerprint density at radius 2 is 1.94 bits per heavy atom. The van der Waals surface area contributed by atoms with E-state index in [1.807, 2.05) is 36.4 Å². The number of hydrogen-bond donors (Lipinski definition) is 2. The molecule has 0 radical (unpaired) electrons. The number of fused-ring (bicyclic) bond motifs is 1. The van der Waals surface area contributed by atoms with Crippen LogP contribution in [0.1, 0.15) is 0 Å². The predicted molar refractivity (Wildman–Crippen MR) is 73.7 cm³/mol. The molecule has 88 valence electrons. The number of nitrogens with zero attached hydrogens (tertiary/aromatic N) is 2. The normalized spacial score (nSPS) is 10.4. The van der Waals surface area contributed by atoms with Gasteiger partial charge in [-0.1, -0.05) is 18.2 Å². The van der Waals surface area contributed by atoms with Crippen LogP contribution in [0.5, 0.6) is 0 Å². The highest BCUT2D eigenvalue weighted by Crippen LogP contribution is 2.24. The molecule has 0 amide bonds. The van der Waals surface area contributed by atoms with Crippen LogP contribution < -0.4 is 11.1 Å². The zero-order valence-corrected chi connectivity index (χ0v) is 9.67. The molecule has 2 heterocycles. The van der Waals surface area contributed by atoms with E-state index in [2.05, 4.69) is 15.3 Å². The van der Waals surface area contributed by atoms with Crippen LogP contribution in [-0.4, -0.2) is 9.97 Å². The third-order valence-corrected chi connectivity index (χ3v) is 2.67. The van der Waals surface area contributed by atoms with Crippen molar-refractivity contribution in [3.63, 3.8) is 0 Å².